The Kier molecular flexibility index (Phi) is 4.69. The number of likely N-dealkylation sites (tertiary alicyclic amines) is 1. The second kappa shape index (κ2) is 7.70. The highest BCUT2D eigenvalue weighted by atomic mass is 16.5. The molecule has 2 aromatic carbocycles. The molecule has 6 nitrogen and oxygen atoms in total. The Hall–Kier alpha value is -2.83. The number of aryl methyl sites for hydroxylation is 1. The molecule has 6 heteroatoms. The molecule has 0 aliphatic carbocycles. The number of piperidine rings is 1. The first-order valence-corrected chi connectivity index (χ1v) is 11.3. The van der Waals surface area contributed by atoms with Gasteiger partial charge in [0, 0.05) is 43.8 Å². The van der Waals surface area contributed by atoms with E-state index in [1.54, 1.807) is 0 Å². The van der Waals surface area contributed by atoms with Gasteiger partial charge in [0.25, 0.3) is 6.01 Å². The number of nitrogens with zero attached hydrogens (tertiary/aromatic N) is 4. The van der Waals surface area contributed by atoms with Gasteiger partial charge in [0.2, 0.25) is 0 Å². The molecule has 31 heavy (non-hydrogen) atoms. The van der Waals surface area contributed by atoms with E-state index in [-0.39, 0.29) is 6.17 Å². The zero-order valence-electron chi connectivity index (χ0n) is 17.9. The summed E-state index contributed by atoms with van der Waals surface area (Å²) in [6.07, 6.45) is 4.83. The van der Waals surface area contributed by atoms with E-state index in [2.05, 4.69) is 51.9 Å². The van der Waals surface area contributed by atoms with Gasteiger partial charge in [-0.25, -0.2) is 0 Å². The van der Waals surface area contributed by atoms with E-state index in [0.717, 1.165) is 43.6 Å². The lowest BCUT2D eigenvalue weighted by Crippen LogP contribution is -2.57. The normalized spacial score (nSPS) is 21.3. The maximum atomic E-state index is 6.10. The summed E-state index contributed by atoms with van der Waals surface area (Å²) in [5.41, 5.74) is 4.58. The molecule has 0 saturated carbocycles. The summed E-state index contributed by atoms with van der Waals surface area (Å²) >= 11 is 0. The Balaban J connectivity index is 1.21. The van der Waals surface area contributed by atoms with Crippen molar-refractivity contribution in [3.8, 4) is 0 Å². The first-order valence-electron chi connectivity index (χ1n) is 11.3. The predicted molar refractivity (Wildman–Crippen MR) is 122 cm³/mol. The van der Waals surface area contributed by atoms with E-state index in [0.29, 0.717) is 25.1 Å². The van der Waals surface area contributed by atoms with Crippen LogP contribution in [0.3, 0.4) is 0 Å². The van der Waals surface area contributed by atoms with Crippen molar-refractivity contribution in [1.29, 1.82) is 0 Å². The lowest BCUT2D eigenvalue weighted by Gasteiger charge is -2.44. The molecule has 2 saturated heterocycles. The molecule has 1 unspecified atom stereocenters. The van der Waals surface area contributed by atoms with Crippen LogP contribution >= 0.6 is 0 Å². The van der Waals surface area contributed by atoms with E-state index in [1.165, 1.54) is 16.5 Å². The molecule has 4 aromatic rings. The van der Waals surface area contributed by atoms with Gasteiger partial charge in [-0.2, -0.15) is 4.98 Å². The predicted octanol–water partition coefficient (Wildman–Crippen LogP) is 4.36. The molecule has 160 valence electrons. The van der Waals surface area contributed by atoms with Crippen LogP contribution in [0.1, 0.15) is 24.3 Å². The first kappa shape index (κ1) is 18.9. The number of fused-ring (bicyclic) bond motifs is 2. The standard InChI is InChI=1S/C25H28N4O2/c1-27-16-20(19-6-2-4-8-22(19)27)18-10-12-28(13-11-18)24-17-30-15-14-29(24)25-26-21-7-3-5-9-23(21)31-25/h2-9,16,18,24H,10-15,17H2,1H3. The fourth-order valence-corrected chi connectivity index (χ4v) is 5.31. The Bertz CT molecular complexity index is 1170. The number of benzene rings is 2. The van der Waals surface area contributed by atoms with Crippen molar-refractivity contribution in [2.75, 3.05) is 37.7 Å². The van der Waals surface area contributed by atoms with Gasteiger partial charge >= 0.3 is 0 Å². The zero-order valence-corrected chi connectivity index (χ0v) is 17.9. The van der Waals surface area contributed by atoms with Crippen molar-refractivity contribution in [2.45, 2.75) is 24.9 Å². The highest BCUT2D eigenvalue weighted by Gasteiger charge is 2.34. The second-order valence-corrected chi connectivity index (χ2v) is 8.74. The van der Waals surface area contributed by atoms with Gasteiger partial charge in [0.1, 0.15) is 11.7 Å². The van der Waals surface area contributed by atoms with E-state index in [9.17, 15) is 0 Å². The van der Waals surface area contributed by atoms with Crippen molar-refractivity contribution in [1.82, 2.24) is 14.5 Å². The number of hydrogen-bond donors (Lipinski definition) is 0. The van der Waals surface area contributed by atoms with Crippen LogP contribution in [0.25, 0.3) is 22.0 Å². The minimum atomic E-state index is 0.176. The van der Waals surface area contributed by atoms with Crippen LogP contribution in [0.15, 0.2) is 59.1 Å². The molecule has 2 fully saturated rings. The Labute approximate surface area is 182 Å². The van der Waals surface area contributed by atoms with Crippen molar-refractivity contribution < 1.29 is 9.15 Å². The monoisotopic (exact) mass is 416 g/mol. The summed E-state index contributed by atoms with van der Waals surface area (Å²) < 4.78 is 14.2. The van der Waals surface area contributed by atoms with E-state index >= 15 is 0 Å². The first-order chi connectivity index (χ1) is 15.3. The van der Waals surface area contributed by atoms with Crippen LogP contribution in [-0.4, -0.2) is 53.5 Å². The van der Waals surface area contributed by atoms with Crippen molar-refractivity contribution in [3.05, 3.63) is 60.3 Å². The molecular weight excluding hydrogens is 388 g/mol. The Morgan fingerprint density at radius 1 is 0.968 bits per heavy atom. The van der Waals surface area contributed by atoms with Crippen molar-refractivity contribution >= 4 is 28.0 Å². The van der Waals surface area contributed by atoms with Crippen molar-refractivity contribution in [3.63, 3.8) is 0 Å². The van der Waals surface area contributed by atoms with Crippen LogP contribution in [0.4, 0.5) is 6.01 Å². The van der Waals surface area contributed by atoms with Gasteiger partial charge in [-0.05, 0) is 42.5 Å². The average Bonchev–Trinajstić information content (AvgIpc) is 3.41. The van der Waals surface area contributed by atoms with Crippen LogP contribution in [0.2, 0.25) is 0 Å². The van der Waals surface area contributed by atoms with Gasteiger partial charge in [-0.15, -0.1) is 0 Å². The number of hydrogen-bond acceptors (Lipinski definition) is 5. The molecule has 4 heterocycles. The van der Waals surface area contributed by atoms with Gasteiger partial charge < -0.3 is 18.6 Å². The minimum Gasteiger partial charge on any atom is -0.423 e. The van der Waals surface area contributed by atoms with E-state index in [1.807, 2.05) is 24.3 Å². The number of aromatic nitrogens is 2. The minimum absolute atomic E-state index is 0.176. The summed E-state index contributed by atoms with van der Waals surface area (Å²) in [5, 5.41) is 1.40. The van der Waals surface area contributed by atoms with Crippen LogP contribution in [-0.2, 0) is 11.8 Å². The highest BCUT2D eigenvalue weighted by molar-refractivity contribution is 5.84. The maximum absolute atomic E-state index is 6.10. The number of para-hydroxylation sites is 3. The van der Waals surface area contributed by atoms with Crippen LogP contribution in [0.5, 0.6) is 0 Å². The lowest BCUT2D eigenvalue weighted by molar-refractivity contribution is 0.0172. The third kappa shape index (κ3) is 3.30. The topological polar surface area (TPSA) is 46.7 Å². The molecule has 1 atom stereocenters. The molecule has 6 rings (SSSR count). The SMILES string of the molecule is Cn1cc(C2CCN(C3COCCN3c3nc4ccccc4o3)CC2)c2ccccc21. The Morgan fingerprint density at radius 3 is 2.65 bits per heavy atom. The molecule has 2 aliphatic heterocycles. The fourth-order valence-electron chi connectivity index (χ4n) is 5.31. The lowest BCUT2D eigenvalue weighted by atomic mass is 9.89. The van der Waals surface area contributed by atoms with Crippen molar-refractivity contribution in [2.24, 2.45) is 7.05 Å². The molecule has 0 bridgehead atoms. The van der Waals surface area contributed by atoms with Gasteiger partial charge in [0.15, 0.2) is 5.58 Å². The smallest absolute Gasteiger partial charge is 0.299 e. The number of rotatable bonds is 3. The largest absolute Gasteiger partial charge is 0.423 e. The Morgan fingerprint density at radius 2 is 1.77 bits per heavy atom. The number of anilines is 1. The third-order valence-corrected chi connectivity index (χ3v) is 6.95. The molecule has 0 N–H and O–H groups in total. The summed E-state index contributed by atoms with van der Waals surface area (Å²) in [4.78, 5) is 9.60. The number of ether oxygens (including phenoxy) is 1. The quantitative estimate of drug-likeness (QED) is 0.497. The zero-order chi connectivity index (χ0) is 20.8. The molecular formula is C25H28N4O2. The third-order valence-electron chi connectivity index (χ3n) is 6.95. The number of morpholine rings is 1. The van der Waals surface area contributed by atoms with Gasteiger partial charge in [-0.3, -0.25) is 4.90 Å². The van der Waals surface area contributed by atoms with Gasteiger partial charge in [0.05, 0.1) is 13.2 Å². The molecule has 2 aromatic heterocycles. The molecule has 2 aliphatic rings. The molecule has 0 radical (unpaired) electrons. The fraction of sp³-hybridized carbons (Fsp3) is 0.400. The summed E-state index contributed by atoms with van der Waals surface area (Å²) in [6, 6.07) is 17.5. The maximum Gasteiger partial charge on any atom is 0.299 e. The van der Waals surface area contributed by atoms with Gasteiger partial charge in [-0.1, -0.05) is 30.3 Å². The van der Waals surface area contributed by atoms with Crippen LogP contribution in [0, 0.1) is 0 Å². The highest BCUT2D eigenvalue weighted by Crippen LogP contribution is 2.35. The summed E-state index contributed by atoms with van der Waals surface area (Å²) in [6.45, 7) is 4.32. The number of oxazole rings is 1. The molecule has 0 spiro atoms. The summed E-state index contributed by atoms with van der Waals surface area (Å²) in [5.74, 6) is 0.602. The summed E-state index contributed by atoms with van der Waals surface area (Å²) in [7, 11) is 2.15. The average molecular weight is 417 g/mol. The second-order valence-electron chi connectivity index (χ2n) is 8.74. The van der Waals surface area contributed by atoms with E-state index < -0.39 is 0 Å². The van der Waals surface area contributed by atoms with E-state index in [4.69, 9.17) is 14.1 Å². The molecule has 0 amide bonds. The van der Waals surface area contributed by atoms with Crippen LogP contribution < -0.4 is 4.90 Å².